The number of aryl methyl sites for hydroxylation is 1. The molecule has 0 aliphatic carbocycles. The first-order valence-corrected chi connectivity index (χ1v) is 18.8. The summed E-state index contributed by atoms with van der Waals surface area (Å²) in [7, 11) is 0. The summed E-state index contributed by atoms with van der Waals surface area (Å²) in [6.45, 7) is 3.34. The molecule has 6 aromatic rings. The number of halogens is 2. The van der Waals surface area contributed by atoms with Gasteiger partial charge in [-0.05, 0) is 78.6 Å². The smallest absolute Gasteiger partial charge is 0.314 e. The fourth-order valence-corrected chi connectivity index (χ4v) is 6.94. The van der Waals surface area contributed by atoms with Crippen molar-refractivity contribution >= 4 is 66.9 Å². The number of hydrogen-bond acceptors (Lipinski definition) is 11. The molecule has 2 unspecified atom stereocenters. The summed E-state index contributed by atoms with van der Waals surface area (Å²) < 4.78 is 29.5. The molecule has 5 aromatic heterocycles. The summed E-state index contributed by atoms with van der Waals surface area (Å²) in [4.78, 5) is 40.4. The number of nitrogens with two attached hydrogens (primary N) is 2. The van der Waals surface area contributed by atoms with Crippen LogP contribution in [0.5, 0.6) is 0 Å². The van der Waals surface area contributed by atoms with Crippen LogP contribution in [0.2, 0.25) is 0 Å². The van der Waals surface area contributed by atoms with Gasteiger partial charge in [0.2, 0.25) is 0 Å². The largest absolute Gasteiger partial charge is 0.383 e. The lowest BCUT2D eigenvalue weighted by atomic mass is 10.1. The van der Waals surface area contributed by atoms with Gasteiger partial charge >= 0.3 is 11.8 Å². The third-order valence-corrected chi connectivity index (χ3v) is 10.1. The van der Waals surface area contributed by atoms with Crippen molar-refractivity contribution in [3.8, 4) is 0 Å². The second kappa shape index (κ2) is 16.9. The standard InChI is InChI=1S/C27H28FN7O3.C11H13BrN4O/c1-17-11-19(28)12-30-22(17)16-34(14-18-7-3-2-4-8-18)27(37)26(36)32-21-13-31-25(29)20-15-35(33-24(20)21)23-9-5-6-10-38-23;12-8-5-14-11(13)7-6-16(15-10(7)8)9-3-1-2-4-17-9/h2-4,7-8,11-13,15,23H,5-6,9-10,14,16H2,1H3,(H2,29,31)(H,32,36);5-6,9H,1-4H2,(H2,13,14). The molecule has 2 aliphatic heterocycles. The van der Waals surface area contributed by atoms with E-state index in [1.807, 2.05) is 41.2 Å². The number of carbonyl (C=O) groups is 2. The Balaban J connectivity index is 0.000000227. The Bertz CT molecular complexity index is 2270. The molecule has 8 rings (SSSR count). The first-order valence-electron chi connectivity index (χ1n) is 18.0. The van der Waals surface area contributed by atoms with Gasteiger partial charge in [-0.1, -0.05) is 30.3 Å². The molecule has 17 heteroatoms. The molecule has 286 valence electrons. The minimum absolute atomic E-state index is 0.0241. The number of aromatic nitrogens is 7. The molecule has 2 fully saturated rings. The van der Waals surface area contributed by atoms with E-state index in [-0.39, 0.29) is 37.1 Å². The van der Waals surface area contributed by atoms with Crippen LogP contribution in [0.3, 0.4) is 0 Å². The highest BCUT2D eigenvalue weighted by atomic mass is 79.9. The van der Waals surface area contributed by atoms with Crippen LogP contribution in [0.1, 0.15) is 67.8 Å². The third kappa shape index (κ3) is 8.74. The molecule has 0 saturated carbocycles. The number of pyridine rings is 3. The summed E-state index contributed by atoms with van der Waals surface area (Å²) in [5.41, 5.74) is 15.3. The molecule has 2 atom stereocenters. The number of ether oxygens (including phenoxy) is 2. The molecule has 5 N–H and O–H groups in total. The Morgan fingerprint density at radius 3 is 2.09 bits per heavy atom. The highest BCUT2D eigenvalue weighted by Gasteiger charge is 2.26. The van der Waals surface area contributed by atoms with Gasteiger partial charge in [-0.2, -0.15) is 10.2 Å². The van der Waals surface area contributed by atoms with Crippen molar-refractivity contribution in [2.24, 2.45) is 0 Å². The van der Waals surface area contributed by atoms with Crippen molar-refractivity contribution < 1.29 is 23.5 Å². The van der Waals surface area contributed by atoms with Gasteiger partial charge < -0.3 is 31.2 Å². The van der Waals surface area contributed by atoms with Gasteiger partial charge in [0.25, 0.3) is 0 Å². The monoisotopic (exact) mass is 813 g/mol. The van der Waals surface area contributed by atoms with Crippen molar-refractivity contribution in [1.82, 2.24) is 39.4 Å². The normalized spacial score (nSPS) is 17.1. The van der Waals surface area contributed by atoms with Gasteiger partial charge in [-0.3, -0.25) is 14.6 Å². The zero-order chi connectivity index (χ0) is 38.5. The molecule has 1 aromatic carbocycles. The Kier molecular flexibility index (Phi) is 11.6. The minimum Gasteiger partial charge on any atom is -0.383 e. The Labute approximate surface area is 324 Å². The maximum atomic E-state index is 13.6. The topological polar surface area (TPSA) is 194 Å². The number of benzene rings is 1. The lowest BCUT2D eigenvalue weighted by Crippen LogP contribution is -2.39. The first-order chi connectivity index (χ1) is 26.6. The number of hydrogen-bond donors (Lipinski definition) is 3. The average molecular weight is 815 g/mol. The molecule has 15 nitrogen and oxygen atoms in total. The highest BCUT2D eigenvalue weighted by Crippen LogP contribution is 2.31. The van der Waals surface area contributed by atoms with E-state index in [0.29, 0.717) is 34.6 Å². The van der Waals surface area contributed by atoms with Crippen LogP contribution in [-0.4, -0.2) is 64.4 Å². The maximum absolute atomic E-state index is 13.6. The number of nitrogens with one attached hydrogen (secondary N) is 1. The van der Waals surface area contributed by atoms with Crippen LogP contribution in [-0.2, 0) is 32.2 Å². The van der Waals surface area contributed by atoms with Gasteiger partial charge in [-0.25, -0.2) is 23.7 Å². The van der Waals surface area contributed by atoms with Gasteiger partial charge in [-0.15, -0.1) is 0 Å². The van der Waals surface area contributed by atoms with Gasteiger partial charge in [0.15, 0.2) is 0 Å². The second-order valence-corrected chi connectivity index (χ2v) is 14.3. The summed E-state index contributed by atoms with van der Waals surface area (Å²) in [5.74, 6) is -1.35. The van der Waals surface area contributed by atoms with Crippen LogP contribution >= 0.6 is 15.9 Å². The molecule has 2 aliphatic rings. The van der Waals surface area contributed by atoms with E-state index >= 15 is 0 Å². The van der Waals surface area contributed by atoms with Crippen molar-refractivity contribution in [2.75, 3.05) is 30.0 Å². The second-order valence-electron chi connectivity index (χ2n) is 13.5. The first kappa shape index (κ1) is 37.8. The van der Waals surface area contributed by atoms with E-state index in [9.17, 15) is 14.0 Å². The minimum atomic E-state index is -0.864. The van der Waals surface area contributed by atoms with Crippen LogP contribution in [0.15, 0.2) is 71.9 Å². The molecule has 0 bridgehead atoms. The van der Waals surface area contributed by atoms with Gasteiger partial charge in [0.1, 0.15) is 40.9 Å². The summed E-state index contributed by atoms with van der Waals surface area (Å²) in [6.07, 6.45) is 13.8. The van der Waals surface area contributed by atoms with E-state index in [1.165, 1.54) is 23.6 Å². The molecule has 7 heterocycles. The molecule has 2 amide bonds. The average Bonchev–Trinajstić information content (AvgIpc) is 3.87. The molecule has 0 radical (unpaired) electrons. The van der Waals surface area contributed by atoms with E-state index in [4.69, 9.17) is 20.9 Å². The number of nitrogens with zero attached hydrogens (tertiary/aromatic N) is 8. The van der Waals surface area contributed by atoms with Crippen LogP contribution in [0.4, 0.5) is 21.7 Å². The third-order valence-electron chi connectivity index (χ3n) is 9.49. The van der Waals surface area contributed by atoms with Crippen molar-refractivity contribution in [2.45, 2.75) is 71.0 Å². The van der Waals surface area contributed by atoms with E-state index in [2.05, 4.69) is 46.4 Å². The van der Waals surface area contributed by atoms with E-state index < -0.39 is 17.6 Å². The fourth-order valence-electron chi connectivity index (χ4n) is 6.54. The Hall–Kier alpha value is -5.52. The summed E-state index contributed by atoms with van der Waals surface area (Å²) in [5, 5.41) is 13.2. The summed E-state index contributed by atoms with van der Waals surface area (Å²) in [6, 6.07) is 10.6. The number of fused-ring (bicyclic) bond motifs is 2. The van der Waals surface area contributed by atoms with Crippen LogP contribution in [0.25, 0.3) is 21.8 Å². The number of anilines is 3. The maximum Gasteiger partial charge on any atom is 0.314 e. The zero-order valence-corrected chi connectivity index (χ0v) is 31.8. The predicted molar refractivity (Wildman–Crippen MR) is 208 cm³/mol. The number of carbonyl (C=O) groups excluding carboxylic acids is 2. The fraction of sp³-hybridized carbons (Fsp3) is 0.342. The molecule has 55 heavy (non-hydrogen) atoms. The molecular weight excluding hydrogens is 773 g/mol. The van der Waals surface area contributed by atoms with Crippen molar-refractivity contribution in [3.63, 3.8) is 0 Å². The lowest BCUT2D eigenvalue weighted by molar-refractivity contribution is -0.144. The number of nitrogen functional groups attached to an aromatic ring is 2. The van der Waals surface area contributed by atoms with E-state index in [0.717, 1.165) is 65.8 Å². The predicted octanol–water partition coefficient (Wildman–Crippen LogP) is 6.20. The molecule has 2 saturated heterocycles. The molecular formula is C38H41BrFN11O4. The van der Waals surface area contributed by atoms with Crippen LogP contribution < -0.4 is 16.8 Å². The Morgan fingerprint density at radius 1 is 0.873 bits per heavy atom. The van der Waals surface area contributed by atoms with Gasteiger partial charge in [0.05, 0.1) is 45.6 Å². The lowest BCUT2D eigenvalue weighted by Gasteiger charge is -2.23. The van der Waals surface area contributed by atoms with Gasteiger partial charge in [0, 0.05) is 38.3 Å². The van der Waals surface area contributed by atoms with Crippen LogP contribution in [0, 0.1) is 12.7 Å². The van der Waals surface area contributed by atoms with Crippen molar-refractivity contribution in [3.05, 3.63) is 94.5 Å². The quantitative estimate of drug-likeness (QED) is 0.155. The Morgan fingerprint density at radius 2 is 1.49 bits per heavy atom. The SMILES string of the molecule is Cc1cc(F)cnc1CN(Cc1ccccc1)C(=O)C(=O)Nc1cnc(N)c2cn(C3CCCCO3)nc12.Nc1ncc(Br)c2nn(C3CCCCO3)cc12. The molecule has 0 spiro atoms. The zero-order valence-electron chi connectivity index (χ0n) is 30.2. The van der Waals surface area contributed by atoms with E-state index in [1.54, 1.807) is 24.0 Å². The summed E-state index contributed by atoms with van der Waals surface area (Å²) >= 11 is 3.43. The van der Waals surface area contributed by atoms with Crippen molar-refractivity contribution in [1.29, 1.82) is 0 Å². The number of amides is 2. The highest BCUT2D eigenvalue weighted by molar-refractivity contribution is 9.10. The number of rotatable bonds is 7.